The van der Waals surface area contributed by atoms with Crippen LogP contribution in [0, 0.1) is 0 Å². The van der Waals surface area contributed by atoms with Crippen LogP contribution in [0.1, 0.15) is 16.1 Å². The fourth-order valence-electron chi connectivity index (χ4n) is 2.05. The molecule has 5 nitrogen and oxygen atoms in total. The number of carbonyl (C=O) groups excluding carboxylic acids is 2. The van der Waals surface area contributed by atoms with Crippen LogP contribution in [0.2, 0.25) is 0 Å². The van der Waals surface area contributed by atoms with Crippen LogP contribution in [0.4, 0.5) is 10.8 Å². The third kappa shape index (κ3) is 4.91. The lowest BCUT2D eigenvalue weighted by molar-refractivity contribution is -0.115. The number of nitrogens with one attached hydrogen (secondary N) is 2. The molecule has 0 bridgehead atoms. The van der Waals surface area contributed by atoms with Gasteiger partial charge >= 0.3 is 0 Å². The van der Waals surface area contributed by atoms with Crippen LogP contribution in [0.5, 0.6) is 0 Å². The zero-order chi connectivity index (χ0) is 17.6. The van der Waals surface area contributed by atoms with E-state index in [-0.39, 0.29) is 18.2 Å². The van der Waals surface area contributed by atoms with Crippen molar-refractivity contribution in [1.29, 1.82) is 0 Å². The zero-order valence-electron chi connectivity index (χ0n) is 13.3. The van der Waals surface area contributed by atoms with Crippen molar-refractivity contribution in [2.45, 2.75) is 11.3 Å². The van der Waals surface area contributed by atoms with Crippen LogP contribution in [0.3, 0.4) is 0 Å². The van der Waals surface area contributed by atoms with Crippen LogP contribution in [0.15, 0.2) is 51.4 Å². The number of thiophene rings is 1. The number of thiazole rings is 1. The maximum absolute atomic E-state index is 12.1. The Morgan fingerprint density at radius 1 is 1.12 bits per heavy atom. The number of rotatable bonds is 6. The first kappa shape index (κ1) is 17.7. The average Bonchev–Trinajstić information content (AvgIpc) is 3.27. The molecule has 1 aromatic carbocycles. The van der Waals surface area contributed by atoms with Gasteiger partial charge < -0.3 is 5.32 Å². The van der Waals surface area contributed by atoms with Crippen molar-refractivity contribution in [3.8, 4) is 0 Å². The predicted octanol–water partition coefficient (Wildman–Crippen LogP) is 4.36. The van der Waals surface area contributed by atoms with Crippen LogP contribution < -0.4 is 10.6 Å². The fourth-order valence-corrected chi connectivity index (χ4v) is 3.80. The lowest BCUT2D eigenvalue weighted by Crippen LogP contribution is -2.15. The molecule has 2 heterocycles. The molecule has 8 heteroatoms. The second-order valence-corrected chi connectivity index (χ2v) is 7.58. The molecule has 25 heavy (non-hydrogen) atoms. The maximum Gasteiger partial charge on any atom is 0.258 e. The monoisotopic (exact) mass is 389 g/mol. The summed E-state index contributed by atoms with van der Waals surface area (Å²) in [5.41, 5.74) is 1.99. The predicted molar refractivity (Wildman–Crippen MR) is 105 cm³/mol. The average molecular weight is 390 g/mol. The number of hydrogen-bond donors (Lipinski definition) is 2. The van der Waals surface area contributed by atoms with Crippen molar-refractivity contribution in [3.63, 3.8) is 0 Å². The number of thioether (sulfide) groups is 1. The molecule has 0 fully saturated rings. The molecule has 0 saturated carbocycles. The number of anilines is 2. The van der Waals surface area contributed by atoms with Gasteiger partial charge in [0.05, 0.1) is 17.7 Å². The Kier molecular flexibility index (Phi) is 5.85. The molecule has 2 aromatic heterocycles. The Morgan fingerprint density at radius 3 is 2.60 bits per heavy atom. The minimum atomic E-state index is -0.194. The highest BCUT2D eigenvalue weighted by atomic mass is 32.2. The second-order valence-electron chi connectivity index (χ2n) is 5.06. The van der Waals surface area contributed by atoms with Gasteiger partial charge in [-0.1, -0.05) is 0 Å². The molecular formula is C17H15N3O2S3. The van der Waals surface area contributed by atoms with Crippen molar-refractivity contribution in [2.75, 3.05) is 16.9 Å². The minimum absolute atomic E-state index is 0.141. The molecule has 2 N–H and O–H groups in total. The van der Waals surface area contributed by atoms with Crippen molar-refractivity contribution in [1.82, 2.24) is 4.98 Å². The minimum Gasteiger partial charge on any atom is -0.326 e. The van der Waals surface area contributed by atoms with E-state index >= 15 is 0 Å². The van der Waals surface area contributed by atoms with Gasteiger partial charge in [0, 0.05) is 21.3 Å². The number of carbonyl (C=O) groups is 2. The van der Waals surface area contributed by atoms with E-state index in [2.05, 4.69) is 15.6 Å². The Hall–Kier alpha value is -2.16. The molecule has 0 radical (unpaired) electrons. The number of amides is 2. The number of nitrogens with zero attached hydrogens (tertiary/aromatic N) is 1. The Balaban J connectivity index is 1.55. The molecule has 3 rings (SSSR count). The van der Waals surface area contributed by atoms with E-state index < -0.39 is 0 Å². The molecule has 3 aromatic rings. The smallest absolute Gasteiger partial charge is 0.258 e. The molecule has 0 spiro atoms. The first-order valence-corrected chi connectivity index (χ1v) is 10.4. The van der Waals surface area contributed by atoms with Crippen LogP contribution in [-0.4, -0.2) is 23.1 Å². The summed E-state index contributed by atoms with van der Waals surface area (Å²) in [5.74, 6) is -0.335. The van der Waals surface area contributed by atoms with Gasteiger partial charge in [0.1, 0.15) is 0 Å². The number of aromatic nitrogens is 1. The summed E-state index contributed by atoms with van der Waals surface area (Å²) in [7, 11) is 0. The SMILES string of the molecule is CSc1ccc(NC(=O)Cc2csc(NC(=O)c3ccsc3)n2)cc1. The summed E-state index contributed by atoms with van der Waals surface area (Å²) < 4.78 is 0. The summed E-state index contributed by atoms with van der Waals surface area (Å²) in [4.78, 5) is 29.5. The van der Waals surface area contributed by atoms with E-state index in [1.54, 1.807) is 28.6 Å². The largest absolute Gasteiger partial charge is 0.326 e. The summed E-state index contributed by atoms with van der Waals surface area (Å²) in [5, 5.41) is 11.5. The van der Waals surface area contributed by atoms with E-state index in [1.807, 2.05) is 35.9 Å². The Morgan fingerprint density at radius 2 is 1.92 bits per heavy atom. The van der Waals surface area contributed by atoms with Crippen LogP contribution >= 0.6 is 34.4 Å². The lowest BCUT2D eigenvalue weighted by Gasteiger charge is -2.04. The molecule has 0 aliphatic carbocycles. The van der Waals surface area contributed by atoms with Gasteiger partial charge in [0.25, 0.3) is 5.91 Å². The summed E-state index contributed by atoms with van der Waals surface area (Å²) in [6, 6.07) is 9.42. The summed E-state index contributed by atoms with van der Waals surface area (Å²) >= 11 is 4.42. The standard InChI is InChI=1S/C17H15N3O2S3/c1-23-14-4-2-12(3-5-14)18-15(21)8-13-10-25-17(19-13)20-16(22)11-6-7-24-9-11/h2-7,9-10H,8H2,1H3,(H,18,21)(H,19,20,22). The van der Waals surface area contributed by atoms with Crippen molar-refractivity contribution < 1.29 is 9.59 Å². The van der Waals surface area contributed by atoms with Gasteiger partial charge in [0.2, 0.25) is 5.91 Å². The fraction of sp³-hybridized carbons (Fsp3) is 0.118. The zero-order valence-corrected chi connectivity index (χ0v) is 15.8. The number of benzene rings is 1. The van der Waals surface area contributed by atoms with E-state index in [0.717, 1.165) is 10.6 Å². The third-order valence-electron chi connectivity index (χ3n) is 3.27. The molecular weight excluding hydrogens is 374 g/mol. The highest BCUT2D eigenvalue weighted by Crippen LogP contribution is 2.19. The first-order chi connectivity index (χ1) is 12.1. The first-order valence-electron chi connectivity index (χ1n) is 7.36. The van der Waals surface area contributed by atoms with E-state index in [0.29, 0.717) is 16.4 Å². The van der Waals surface area contributed by atoms with Crippen LogP contribution in [-0.2, 0) is 11.2 Å². The topological polar surface area (TPSA) is 71.1 Å². The van der Waals surface area contributed by atoms with E-state index in [4.69, 9.17) is 0 Å². The number of hydrogen-bond acceptors (Lipinski definition) is 6. The van der Waals surface area contributed by atoms with Gasteiger partial charge in [-0.15, -0.1) is 23.1 Å². The van der Waals surface area contributed by atoms with Crippen molar-refractivity contribution >= 4 is 57.1 Å². The van der Waals surface area contributed by atoms with E-state index in [9.17, 15) is 9.59 Å². The molecule has 2 amide bonds. The summed E-state index contributed by atoms with van der Waals surface area (Å²) in [6.45, 7) is 0. The quantitative estimate of drug-likeness (QED) is 0.615. The molecule has 0 saturated heterocycles. The highest BCUT2D eigenvalue weighted by Gasteiger charge is 2.11. The van der Waals surface area contributed by atoms with Gasteiger partial charge in [-0.3, -0.25) is 14.9 Å². The van der Waals surface area contributed by atoms with Gasteiger partial charge in [0.15, 0.2) is 5.13 Å². The molecule has 128 valence electrons. The summed E-state index contributed by atoms with van der Waals surface area (Å²) in [6.07, 6.45) is 2.17. The Labute approximate surface area is 157 Å². The second kappa shape index (κ2) is 8.28. The Bertz CT molecular complexity index is 858. The molecule has 0 aliphatic heterocycles. The highest BCUT2D eigenvalue weighted by molar-refractivity contribution is 7.98. The molecule has 0 unspecified atom stereocenters. The molecule has 0 atom stereocenters. The van der Waals surface area contributed by atoms with Gasteiger partial charge in [-0.2, -0.15) is 11.3 Å². The van der Waals surface area contributed by atoms with Gasteiger partial charge in [-0.05, 0) is 42.0 Å². The third-order valence-corrected chi connectivity index (χ3v) is 5.50. The van der Waals surface area contributed by atoms with Crippen molar-refractivity contribution in [3.05, 3.63) is 57.7 Å². The van der Waals surface area contributed by atoms with Crippen LogP contribution in [0.25, 0.3) is 0 Å². The maximum atomic E-state index is 12.1. The lowest BCUT2D eigenvalue weighted by atomic mass is 10.3. The normalized spacial score (nSPS) is 10.4. The van der Waals surface area contributed by atoms with E-state index in [1.165, 1.54) is 22.7 Å². The van der Waals surface area contributed by atoms with Gasteiger partial charge in [-0.25, -0.2) is 4.98 Å². The molecule has 0 aliphatic rings. The van der Waals surface area contributed by atoms with Crippen molar-refractivity contribution in [2.24, 2.45) is 0 Å².